The molecule has 1 fully saturated rings. The van der Waals surface area contributed by atoms with E-state index in [0.717, 1.165) is 29.9 Å². The van der Waals surface area contributed by atoms with Crippen molar-refractivity contribution in [2.75, 3.05) is 5.32 Å². The Balaban J connectivity index is 1.40. The number of ether oxygens (including phenoxy) is 1. The van der Waals surface area contributed by atoms with E-state index in [9.17, 15) is 4.79 Å². The Labute approximate surface area is 207 Å². The number of carbonyl (C=O) groups excluding carboxylic acids is 1. The zero-order valence-corrected chi connectivity index (χ0v) is 19.9. The normalized spacial score (nSPS) is 13.9. The van der Waals surface area contributed by atoms with Crippen LogP contribution < -0.4 is 10.1 Å². The van der Waals surface area contributed by atoms with Crippen molar-refractivity contribution >= 4 is 35.0 Å². The predicted octanol–water partition coefficient (Wildman–Crippen LogP) is 6.32. The minimum atomic E-state index is -0.486. The third-order valence-corrected chi connectivity index (χ3v) is 6.97. The van der Waals surface area contributed by atoms with Gasteiger partial charge in [-0.05, 0) is 42.7 Å². The van der Waals surface area contributed by atoms with Gasteiger partial charge in [0.05, 0.1) is 5.02 Å². The van der Waals surface area contributed by atoms with E-state index in [1.165, 1.54) is 11.8 Å². The molecular formula is C26H23ClN4O2S. The van der Waals surface area contributed by atoms with E-state index in [1.807, 2.05) is 78.9 Å². The topological polar surface area (TPSA) is 69.0 Å². The summed E-state index contributed by atoms with van der Waals surface area (Å²) in [6, 6.07) is 26.9. The first-order valence-electron chi connectivity index (χ1n) is 11.1. The van der Waals surface area contributed by atoms with Gasteiger partial charge in [-0.1, -0.05) is 84.0 Å². The van der Waals surface area contributed by atoms with Crippen LogP contribution in [0.3, 0.4) is 0 Å². The summed E-state index contributed by atoms with van der Waals surface area (Å²) in [5, 5.41) is 12.7. The van der Waals surface area contributed by atoms with E-state index in [1.54, 1.807) is 6.07 Å². The number of amides is 1. The van der Waals surface area contributed by atoms with Crippen LogP contribution in [0.25, 0.3) is 0 Å². The number of aromatic nitrogens is 3. The summed E-state index contributed by atoms with van der Waals surface area (Å²) >= 11 is 7.64. The van der Waals surface area contributed by atoms with Gasteiger partial charge < -0.3 is 10.1 Å². The SMILES string of the molecule is O=C(Nc1ccccc1)C(Sc1nnc(COc2ccccc2Cl)n1C1CC1)c1ccccc1. The number of benzene rings is 3. The molecule has 34 heavy (non-hydrogen) atoms. The maximum atomic E-state index is 13.3. The fourth-order valence-corrected chi connectivity index (χ4v) is 4.94. The van der Waals surface area contributed by atoms with Gasteiger partial charge in [-0.3, -0.25) is 9.36 Å². The average molecular weight is 491 g/mol. The highest BCUT2D eigenvalue weighted by Gasteiger charge is 2.32. The second kappa shape index (κ2) is 10.3. The van der Waals surface area contributed by atoms with Crippen molar-refractivity contribution in [3.63, 3.8) is 0 Å². The highest BCUT2D eigenvalue weighted by atomic mass is 35.5. The molecule has 1 aliphatic rings. The number of nitrogens with one attached hydrogen (secondary N) is 1. The highest BCUT2D eigenvalue weighted by Crippen LogP contribution is 2.43. The summed E-state index contributed by atoms with van der Waals surface area (Å²) in [5.41, 5.74) is 1.66. The number of carbonyl (C=O) groups is 1. The summed E-state index contributed by atoms with van der Waals surface area (Å²) < 4.78 is 8.03. The molecule has 8 heteroatoms. The lowest BCUT2D eigenvalue weighted by Gasteiger charge is -2.17. The molecule has 5 rings (SSSR count). The van der Waals surface area contributed by atoms with Crippen LogP contribution in [0.1, 0.15) is 35.5 Å². The second-order valence-electron chi connectivity index (χ2n) is 7.98. The molecule has 6 nitrogen and oxygen atoms in total. The minimum absolute atomic E-state index is 0.110. The maximum Gasteiger partial charge on any atom is 0.242 e. The first-order chi connectivity index (χ1) is 16.7. The minimum Gasteiger partial charge on any atom is -0.484 e. The van der Waals surface area contributed by atoms with Gasteiger partial charge in [0, 0.05) is 11.7 Å². The van der Waals surface area contributed by atoms with Crippen molar-refractivity contribution in [2.45, 2.75) is 35.9 Å². The summed E-state index contributed by atoms with van der Waals surface area (Å²) in [7, 11) is 0. The lowest BCUT2D eigenvalue weighted by Crippen LogP contribution is -2.19. The van der Waals surface area contributed by atoms with E-state index in [0.29, 0.717) is 22.0 Å². The molecule has 4 aromatic rings. The first kappa shape index (κ1) is 22.5. The molecule has 0 spiro atoms. The molecule has 1 saturated carbocycles. The maximum absolute atomic E-state index is 13.3. The molecule has 1 amide bonds. The third-order valence-electron chi connectivity index (χ3n) is 5.45. The molecule has 172 valence electrons. The van der Waals surface area contributed by atoms with Crippen LogP contribution in [-0.2, 0) is 11.4 Å². The molecule has 1 unspecified atom stereocenters. The Bertz CT molecular complexity index is 1260. The van der Waals surface area contributed by atoms with Crippen LogP contribution in [0.5, 0.6) is 5.75 Å². The molecule has 0 saturated heterocycles. The summed E-state index contributed by atoms with van der Waals surface area (Å²) in [6.45, 7) is 0.250. The molecule has 1 aliphatic carbocycles. The Morgan fingerprint density at radius 2 is 1.68 bits per heavy atom. The first-order valence-corrected chi connectivity index (χ1v) is 12.3. The summed E-state index contributed by atoms with van der Waals surface area (Å²) in [4.78, 5) is 13.3. The fourth-order valence-electron chi connectivity index (χ4n) is 3.63. The van der Waals surface area contributed by atoms with Gasteiger partial charge in [-0.15, -0.1) is 10.2 Å². The molecule has 0 bridgehead atoms. The van der Waals surface area contributed by atoms with Crippen LogP contribution in [0.15, 0.2) is 90.1 Å². The van der Waals surface area contributed by atoms with Crippen LogP contribution in [0, 0.1) is 0 Å². The number of para-hydroxylation sites is 2. The summed E-state index contributed by atoms with van der Waals surface area (Å²) in [5.74, 6) is 1.22. The molecule has 1 aromatic heterocycles. The smallest absolute Gasteiger partial charge is 0.242 e. The van der Waals surface area contributed by atoms with Crippen LogP contribution in [0.4, 0.5) is 5.69 Å². The van der Waals surface area contributed by atoms with E-state index in [4.69, 9.17) is 16.3 Å². The Morgan fingerprint density at radius 3 is 2.38 bits per heavy atom. The number of hydrogen-bond acceptors (Lipinski definition) is 5. The molecule has 0 aliphatic heterocycles. The van der Waals surface area contributed by atoms with Gasteiger partial charge in [-0.2, -0.15) is 0 Å². The van der Waals surface area contributed by atoms with Crippen molar-refractivity contribution < 1.29 is 9.53 Å². The van der Waals surface area contributed by atoms with Crippen molar-refractivity contribution in [1.82, 2.24) is 14.8 Å². The average Bonchev–Trinajstić information content (AvgIpc) is 3.63. The Hall–Kier alpha value is -3.29. The zero-order chi connectivity index (χ0) is 23.3. The molecule has 1 N–H and O–H groups in total. The largest absolute Gasteiger partial charge is 0.484 e. The van der Waals surface area contributed by atoms with Gasteiger partial charge in [0.2, 0.25) is 5.91 Å². The number of anilines is 1. The fraction of sp³-hybridized carbons (Fsp3) is 0.192. The van der Waals surface area contributed by atoms with E-state index < -0.39 is 5.25 Å². The van der Waals surface area contributed by atoms with Crippen molar-refractivity contribution in [3.8, 4) is 5.75 Å². The van der Waals surface area contributed by atoms with Gasteiger partial charge in [0.15, 0.2) is 11.0 Å². The van der Waals surface area contributed by atoms with Gasteiger partial charge >= 0.3 is 0 Å². The third kappa shape index (κ3) is 5.26. The van der Waals surface area contributed by atoms with Crippen LogP contribution in [0.2, 0.25) is 5.02 Å². The van der Waals surface area contributed by atoms with Gasteiger partial charge in [-0.25, -0.2) is 0 Å². The lowest BCUT2D eigenvalue weighted by atomic mass is 10.1. The number of hydrogen-bond donors (Lipinski definition) is 1. The lowest BCUT2D eigenvalue weighted by molar-refractivity contribution is -0.115. The summed E-state index contributed by atoms with van der Waals surface area (Å²) in [6.07, 6.45) is 2.10. The van der Waals surface area contributed by atoms with Crippen molar-refractivity contribution in [1.29, 1.82) is 0 Å². The highest BCUT2D eigenvalue weighted by molar-refractivity contribution is 8.00. The van der Waals surface area contributed by atoms with Gasteiger partial charge in [0.25, 0.3) is 0 Å². The predicted molar refractivity (Wildman–Crippen MR) is 134 cm³/mol. The standard InChI is InChI=1S/C26H23ClN4O2S/c27-21-13-7-8-14-22(21)33-17-23-29-30-26(31(23)20-15-16-20)34-24(18-9-3-1-4-10-18)25(32)28-19-11-5-2-6-12-19/h1-14,20,24H,15-17H2,(H,28,32). The van der Waals surface area contributed by atoms with E-state index >= 15 is 0 Å². The van der Waals surface area contributed by atoms with Crippen molar-refractivity contribution in [2.24, 2.45) is 0 Å². The molecular weight excluding hydrogens is 468 g/mol. The number of halogens is 1. The number of thioether (sulfide) groups is 1. The van der Waals surface area contributed by atoms with Crippen LogP contribution >= 0.6 is 23.4 Å². The van der Waals surface area contributed by atoms with E-state index in [-0.39, 0.29) is 12.5 Å². The quantitative estimate of drug-likeness (QED) is 0.278. The molecule has 0 radical (unpaired) electrons. The molecule has 1 atom stereocenters. The monoisotopic (exact) mass is 490 g/mol. The molecule has 1 heterocycles. The van der Waals surface area contributed by atoms with Crippen molar-refractivity contribution in [3.05, 3.63) is 101 Å². The van der Waals surface area contributed by atoms with Gasteiger partial charge in [0.1, 0.15) is 17.6 Å². The number of nitrogens with zero attached hydrogens (tertiary/aromatic N) is 3. The molecule has 3 aromatic carbocycles. The second-order valence-corrected chi connectivity index (χ2v) is 9.46. The van der Waals surface area contributed by atoms with Crippen LogP contribution in [-0.4, -0.2) is 20.7 Å². The zero-order valence-electron chi connectivity index (χ0n) is 18.3. The van der Waals surface area contributed by atoms with E-state index in [2.05, 4.69) is 20.1 Å². The Morgan fingerprint density at radius 1 is 1.00 bits per heavy atom. The Kier molecular flexibility index (Phi) is 6.83. The number of rotatable bonds is 9.